The molecular formula is C17H16Cl2N2O3. The average Bonchev–Trinajstić information content (AvgIpc) is 3.33. The summed E-state index contributed by atoms with van der Waals surface area (Å²) in [6, 6.07) is 7.10. The SMILES string of the molecule is CN(C(=O)O)C1(COc2cncc(-c3c(Cl)cccc3Cl)c2)CC1. The fourth-order valence-electron chi connectivity index (χ4n) is 2.55. The van der Waals surface area contributed by atoms with E-state index in [1.165, 1.54) is 4.90 Å². The minimum atomic E-state index is -0.953. The Hall–Kier alpha value is -1.98. The highest BCUT2D eigenvalue weighted by molar-refractivity contribution is 6.39. The van der Waals surface area contributed by atoms with Crippen molar-refractivity contribution in [3.8, 4) is 16.9 Å². The molecule has 7 heteroatoms. The molecule has 0 spiro atoms. The molecule has 0 saturated heterocycles. The molecule has 0 radical (unpaired) electrons. The van der Waals surface area contributed by atoms with E-state index >= 15 is 0 Å². The van der Waals surface area contributed by atoms with Gasteiger partial charge in [0, 0.05) is 34.4 Å². The maximum Gasteiger partial charge on any atom is 0.407 e. The normalized spacial score (nSPS) is 15.0. The van der Waals surface area contributed by atoms with Crippen LogP contribution in [0.1, 0.15) is 12.8 Å². The second-order valence-electron chi connectivity index (χ2n) is 5.86. The van der Waals surface area contributed by atoms with Crippen molar-refractivity contribution < 1.29 is 14.6 Å². The molecule has 3 rings (SSSR count). The first-order valence-corrected chi connectivity index (χ1v) is 8.17. The molecule has 1 aliphatic carbocycles. The third kappa shape index (κ3) is 3.28. The van der Waals surface area contributed by atoms with Crippen molar-refractivity contribution in [1.82, 2.24) is 9.88 Å². The van der Waals surface area contributed by atoms with Gasteiger partial charge in [-0.1, -0.05) is 29.3 Å². The van der Waals surface area contributed by atoms with Crippen molar-refractivity contribution in [2.45, 2.75) is 18.4 Å². The summed E-state index contributed by atoms with van der Waals surface area (Å²) in [5.74, 6) is 0.550. The fraction of sp³-hybridized carbons (Fsp3) is 0.294. The van der Waals surface area contributed by atoms with Crippen LogP contribution in [0.5, 0.6) is 5.75 Å². The summed E-state index contributed by atoms with van der Waals surface area (Å²) >= 11 is 12.5. The number of amides is 1. The van der Waals surface area contributed by atoms with Crippen LogP contribution >= 0.6 is 23.2 Å². The van der Waals surface area contributed by atoms with E-state index in [1.54, 1.807) is 43.7 Å². The molecule has 2 aromatic rings. The number of ether oxygens (including phenoxy) is 1. The molecule has 1 amide bonds. The van der Waals surface area contributed by atoms with Gasteiger partial charge in [-0.2, -0.15) is 0 Å². The molecule has 1 heterocycles. The van der Waals surface area contributed by atoms with Gasteiger partial charge >= 0.3 is 6.09 Å². The third-order valence-electron chi connectivity index (χ3n) is 4.30. The first-order chi connectivity index (χ1) is 11.4. The first kappa shape index (κ1) is 16.9. The Bertz CT molecular complexity index is 758. The van der Waals surface area contributed by atoms with Crippen molar-refractivity contribution in [2.24, 2.45) is 0 Å². The standard InChI is InChI=1S/C17H16Cl2N2O3/c1-21(16(22)23)17(5-6-17)10-24-12-7-11(8-20-9-12)15-13(18)3-2-4-14(15)19/h2-4,7-9H,5-6,10H2,1H3,(H,22,23). The van der Waals surface area contributed by atoms with Gasteiger partial charge in [-0.3, -0.25) is 4.98 Å². The Morgan fingerprint density at radius 2 is 2.00 bits per heavy atom. The molecule has 1 saturated carbocycles. The van der Waals surface area contributed by atoms with Crippen LogP contribution in [0.15, 0.2) is 36.7 Å². The van der Waals surface area contributed by atoms with Crippen LogP contribution in [-0.4, -0.2) is 40.3 Å². The number of halogens is 2. The number of rotatable bonds is 5. The van der Waals surface area contributed by atoms with Gasteiger partial charge in [-0.25, -0.2) is 4.79 Å². The minimum Gasteiger partial charge on any atom is -0.490 e. The van der Waals surface area contributed by atoms with Gasteiger partial charge in [0.05, 0.1) is 11.7 Å². The van der Waals surface area contributed by atoms with E-state index in [-0.39, 0.29) is 6.61 Å². The maximum absolute atomic E-state index is 11.1. The van der Waals surface area contributed by atoms with Gasteiger partial charge in [-0.15, -0.1) is 0 Å². The highest BCUT2D eigenvalue weighted by Gasteiger charge is 2.49. The van der Waals surface area contributed by atoms with Gasteiger partial charge in [0.1, 0.15) is 12.4 Å². The zero-order chi connectivity index (χ0) is 17.3. The van der Waals surface area contributed by atoms with E-state index in [1.807, 2.05) is 0 Å². The van der Waals surface area contributed by atoms with Crippen molar-refractivity contribution in [3.05, 3.63) is 46.7 Å². The highest BCUT2D eigenvalue weighted by Crippen LogP contribution is 2.41. The molecule has 1 N–H and O–H groups in total. The predicted molar refractivity (Wildman–Crippen MR) is 92.9 cm³/mol. The van der Waals surface area contributed by atoms with Crippen LogP contribution in [0.25, 0.3) is 11.1 Å². The zero-order valence-electron chi connectivity index (χ0n) is 13.0. The van der Waals surface area contributed by atoms with Crippen LogP contribution in [0.4, 0.5) is 4.79 Å². The molecule has 5 nitrogen and oxygen atoms in total. The molecular weight excluding hydrogens is 351 g/mol. The number of likely N-dealkylation sites (N-methyl/N-ethyl adjacent to an activating group) is 1. The smallest absolute Gasteiger partial charge is 0.407 e. The van der Waals surface area contributed by atoms with Crippen LogP contribution in [0.2, 0.25) is 10.0 Å². The lowest BCUT2D eigenvalue weighted by Gasteiger charge is -2.25. The summed E-state index contributed by atoms with van der Waals surface area (Å²) in [4.78, 5) is 16.6. The number of benzene rings is 1. The Balaban J connectivity index is 1.79. The van der Waals surface area contributed by atoms with Crippen LogP contribution in [-0.2, 0) is 0 Å². The van der Waals surface area contributed by atoms with Gasteiger partial charge in [-0.05, 0) is 31.0 Å². The quantitative estimate of drug-likeness (QED) is 0.841. The summed E-state index contributed by atoms with van der Waals surface area (Å²) in [5, 5.41) is 10.2. The lowest BCUT2D eigenvalue weighted by Crippen LogP contribution is -2.42. The molecule has 0 unspecified atom stereocenters. The lowest BCUT2D eigenvalue weighted by molar-refractivity contribution is 0.109. The summed E-state index contributed by atoms with van der Waals surface area (Å²) in [7, 11) is 1.57. The first-order valence-electron chi connectivity index (χ1n) is 7.42. The molecule has 0 aliphatic heterocycles. The summed E-state index contributed by atoms with van der Waals surface area (Å²) in [6.07, 6.45) is 3.88. The van der Waals surface area contributed by atoms with Crippen LogP contribution in [0, 0.1) is 0 Å². The molecule has 126 valence electrons. The van der Waals surface area contributed by atoms with Gasteiger partial charge in [0.25, 0.3) is 0 Å². The van der Waals surface area contributed by atoms with Crippen LogP contribution < -0.4 is 4.74 Å². The van der Waals surface area contributed by atoms with Crippen LogP contribution in [0.3, 0.4) is 0 Å². The number of carbonyl (C=O) groups is 1. The van der Waals surface area contributed by atoms with E-state index in [0.717, 1.165) is 18.4 Å². The molecule has 0 bridgehead atoms. The van der Waals surface area contributed by atoms with E-state index in [2.05, 4.69) is 4.98 Å². The Morgan fingerprint density at radius 1 is 1.33 bits per heavy atom. The molecule has 1 aromatic carbocycles. The third-order valence-corrected chi connectivity index (χ3v) is 4.93. The van der Waals surface area contributed by atoms with Crippen molar-refractivity contribution in [2.75, 3.05) is 13.7 Å². The number of hydrogen-bond acceptors (Lipinski definition) is 3. The lowest BCUT2D eigenvalue weighted by atomic mass is 10.1. The number of nitrogens with zero attached hydrogens (tertiary/aromatic N) is 2. The Morgan fingerprint density at radius 3 is 2.58 bits per heavy atom. The molecule has 24 heavy (non-hydrogen) atoms. The van der Waals surface area contributed by atoms with Crippen molar-refractivity contribution in [1.29, 1.82) is 0 Å². The average molecular weight is 367 g/mol. The van der Waals surface area contributed by atoms with Gasteiger partial charge in [0.15, 0.2) is 0 Å². The highest BCUT2D eigenvalue weighted by atomic mass is 35.5. The second-order valence-corrected chi connectivity index (χ2v) is 6.67. The maximum atomic E-state index is 11.1. The number of carboxylic acid groups (broad SMARTS) is 1. The summed E-state index contributed by atoms with van der Waals surface area (Å²) < 4.78 is 5.79. The summed E-state index contributed by atoms with van der Waals surface area (Å²) in [6.45, 7) is 0.289. The molecule has 1 aromatic heterocycles. The van der Waals surface area contributed by atoms with Gasteiger partial charge in [0.2, 0.25) is 0 Å². The minimum absolute atomic E-state index is 0.289. The molecule has 1 aliphatic rings. The Labute approximate surface area is 149 Å². The van der Waals surface area contributed by atoms with Crippen molar-refractivity contribution in [3.63, 3.8) is 0 Å². The predicted octanol–water partition coefficient (Wildman–Crippen LogP) is 4.58. The Kier molecular flexibility index (Phi) is 4.56. The topological polar surface area (TPSA) is 62.7 Å². The summed E-state index contributed by atoms with van der Waals surface area (Å²) in [5.41, 5.74) is 1.01. The number of pyridine rings is 1. The van der Waals surface area contributed by atoms with E-state index in [4.69, 9.17) is 33.0 Å². The number of aromatic nitrogens is 1. The van der Waals surface area contributed by atoms with Crippen molar-refractivity contribution >= 4 is 29.3 Å². The van der Waals surface area contributed by atoms with E-state index in [9.17, 15) is 4.79 Å². The fourth-order valence-corrected chi connectivity index (χ4v) is 3.17. The zero-order valence-corrected chi connectivity index (χ0v) is 14.5. The number of hydrogen-bond donors (Lipinski definition) is 1. The monoisotopic (exact) mass is 366 g/mol. The molecule has 1 fully saturated rings. The van der Waals surface area contributed by atoms with E-state index in [0.29, 0.717) is 21.4 Å². The van der Waals surface area contributed by atoms with E-state index < -0.39 is 11.6 Å². The largest absolute Gasteiger partial charge is 0.490 e. The molecule has 0 atom stereocenters. The second kappa shape index (κ2) is 6.49. The van der Waals surface area contributed by atoms with Gasteiger partial charge < -0.3 is 14.7 Å².